The number of nitrogens with zero attached hydrogens (tertiary/aromatic N) is 1. The summed E-state index contributed by atoms with van der Waals surface area (Å²) in [5.41, 5.74) is 4.02. The minimum absolute atomic E-state index is 0.0475. The van der Waals surface area contributed by atoms with Crippen LogP contribution in [0, 0.1) is 0 Å². The highest BCUT2D eigenvalue weighted by molar-refractivity contribution is 5.78. The number of methoxy groups -OCH3 is 1. The lowest BCUT2D eigenvalue weighted by Crippen LogP contribution is -2.32. The van der Waals surface area contributed by atoms with Gasteiger partial charge in [-0.25, -0.2) is 0 Å². The van der Waals surface area contributed by atoms with E-state index in [0.717, 1.165) is 44.5 Å². The van der Waals surface area contributed by atoms with Crippen LogP contribution in [-0.2, 0) is 17.8 Å². The van der Waals surface area contributed by atoms with Gasteiger partial charge in [-0.15, -0.1) is 0 Å². The molecule has 1 heterocycles. The maximum Gasteiger partial charge on any atom is 0.260 e. The van der Waals surface area contributed by atoms with Crippen molar-refractivity contribution in [2.75, 3.05) is 26.8 Å². The second-order valence-electron chi connectivity index (χ2n) is 7.89. The lowest BCUT2D eigenvalue weighted by Gasteiger charge is -2.26. The van der Waals surface area contributed by atoms with Gasteiger partial charge in [-0.05, 0) is 60.9 Å². The standard InChI is InChI=1S/C24H30N2O3/c1-28-23-15-18(11-12-22(23)29-17-24(27)26-13-4-5-14-26)16-25-21-10-6-8-19-7-2-3-9-20(19)21/h2-3,7,9,11-12,15,21,25H,4-6,8,10,13-14,16-17H2,1H3/t21-/m0/s1. The molecule has 1 saturated heterocycles. The number of carbonyl (C=O) groups excluding carboxylic acids is 1. The lowest BCUT2D eigenvalue weighted by molar-refractivity contribution is -0.132. The van der Waals surface area contributed by atoms with E-state index in [1.54, 1.807) is 7.11 Å². The van der Waals surface area contributed by atoms with Gasteiger partial charge >= 0.3 is 0 Å². The molecule has 5 nitrogen and oxygen atoms in total. The average Bonchev–Trinajstić information content (AvgIpc) is 3.31. The number of aryl methyl sites for hydroxylation is 1. The first kappa shape index (κ1) is 19.8. The zero-order valence-corrected chi connectivity index (χ0v) is 17.2. The van der Waals surface area contributed by atoms with Crippen LogP contribution in [-0.4, -0.2) is 37.6 Å². The Kier molecular flexibility index (Phi) is 6.35. The van der Waals surface area contributed by atoms with E-state index in [2.05, 4.69) is 29.6 Å². The molecule has 4 rings (SSSR count). The van der Waals surface area contributed by atoms with Crippen LogP contribution < -0.4 is 14.8 Å². The van der Waals surface area contributed by atoms with Crippen molar-refractivity contribution in [2.24, 2.45) is 0 Å². The second-order valence-corrected chi connectivity index (χ2v) is 7.89. The number of benzene rings is 2. The van der Waals surface area contributed by atoms with Crippen LogP contribution in [0.1, 0.15) is 48.4 Å². The minimum Gasteiger partial charge on any atom is -0.493 e. The summed E-state index contributed by atoms with van der Waals surface area (Å²) in [5, 5.41) is 3.70. The molecule has 29 heavy (non-hydrogen) atoms. The molecule has 0 spiro atoms. The van der Waals surface area contributed by atoms with Gasteiger partial charge in [0.1, 0.15) is 0 Å². The summed E-state index contributed by atoms with van der Waals surface area (Å²) in [7, 11) is 1.64. The molecule has 0 radical (unpaired) electrons. The Hall–Kier alpha value is -2.53. The van der Waals surface area contributed by atoms with Crippen molar-refractivity contribution in [1.82, 2.24) is 10.2 Å². The van der Waals surface area contributed by atoms with E-state index in [9.17, 15) is 4.79 Å². The smallest absolute Gasteiger partial charge is 0.260 e. The van der Waals surface area contributed by atoms with Gasteiger partial charge in [-0.2, -0.15) is 0 Å². The molecule has 1 aliphatic carbocycles. The molecular formula is C24H30N2O3. The molecular weight excluding hydrogens is 364 g/mol. The zero-order valence-electron chi connectivity index (χ0n) is 17.2. The lowest BCUT2D eigenvalue weighted by atomic mass is 9.87. The average molecular weight is 395 g/mol. The van der Waals surface area contributed by atoms with E-state index < -0.39 is 0 Å². The van der Waals surface area contributed by atoms with Gasteiger partial charge in [-0.3, -0.25) is 4.79 Å². The topological polar surface area (TPSA) is 50.8 Å². The van der Waals surface area contributed by atoms with Gasteiger partial charge in [-0.1, -0.05) is 30.3 Å². The Morgan fingerprint density at radius 3 is 2.76 bits per heavy atom. The third kappa shape index (κ3) is 4.73. The number of ether oxygens (including phenoxy) is 2. The SMILES string of the molecule is COc1cc(CN[C@H]2CCCc3ccccc32)ccc1OCC(=O)N1CCCC1. The Balaban J connectivity index is 1.36. The van der Waals surface area contributed by atoms with Crippen molar-refractivity contribution >= 4 is 5.91 Å². The Morgan fingerprint density at radius 1 is 1.10 bits per heavy atom. The summed E-state index contributed by atoms with van der Waals surface area (Å²) in [6.07, 6.45) is 5.72. The number of fused-ring (bicyclic) bond motifs is 1. The summed E-state index contributed by atoms with van der Waals surface area (Å²) >= 11 is 0. The molecule has 0 saturated carbocycles. The van der Waals surface area contributed by atoms with Crippen molar-refractivity contribution in [1.29, 1.82) is 0 Å². The van der Waals surface area contributed by atoms with Gasteiger partial charge in [0, 0.05) is 25.7 Å². The van der Waals surface area contributed by atoms with E-state index >= 15 is 0 Å². The van der Waals surface area contributed by atoms with E-state index in [1.165, 1.54) is 24.0 Å². The fraction of sp³-hybridized carbons (Fsp3) is 0.458. The highest BCUT2D eigenvalue weighted by Crippen LogP contribution is 2.31. The zero-order chi connectivity index (χ0) is 20.1. The first-order chi connectivity index (χ1) is 14.2. The molecule has 1 amide bonds. The number of nitrogens with one attached hydrogen (secondary N) is 1. The van der Waals surface area contributed by atoms with Gasteiger partial charge in [0.05, 0.1) is 7.11 Å². The van der Waals surface area contributed by atoms with E-state index in [1.807, 2.05) is 23.1 Å². The number of rotatable bonds is 7. The minimum atomic E-state index is 0.0475. The molecule has 2 aromatic carbocycles. The monoisotopic (exact) mass is 394 g/mol. The first-order valence-electron chi connectivity index (χ1n) is 10.6. The van der Waals surface area contributed by atoms with Gasteiger partial charge in [0.15, 0.2) is 18.1 Å². The molecule has 0 bridgehead atoms. The van der Waals surface area contributed by atoms with E-state index in [0.29, 0.717) is 17.5 Å². The fourth-order valence-corrected chi connectivity index (χ4v) is 4.35. The van der Waals surface area contributed by atoms with Crippen molar-refractivity contribution < 1.29 is 14.3 Å². The molecule has 1 fully saturated rings. The summed E-state index contributed by atoms with van der Waals surface area (Å²) in [6, 6.07) is 15.1. The highest BCUT2D eigenvalue weighted by atomic mass is 16.5. The molecule has 154 valence electrons. The third-order valence-corrected chi connectivity index (χ3v) is 5.96. The van der Waals surface area contributed by atoms with Crippen LogP contribution in [0.15, 0.2) is 42.5 Å². The maximum atomic E-state index is 12.2. The van der Waals surface area contributed by atoms with Crippen molar-refractivity contribution in [2.45, 2.75) is 44.7 Å². The van der Waals surface area contributed by atoms with Crippen LogP contribution in [0.25, 0.3) is 0 Å². The van der Waals surface area contributed by atoms with Crippen LogP contribution in [0.4, 0.5) is 0 Å². The molecule has 0 unspecified atom stereocenters. The maximum absolute atomic E-state index is 12.2. The predicted octanol–water partition coefficient (Wildman–Crippen LogP) is 3.86. The summed E-state index contributed by atoms with van der Waals surface area (Å²) in [6.45, 7) is 2.51. The number of likely N-dealkylation sites (tertiary alicyclic amines) is 1. The summed E-state index contributed by atoms with van der Waals surface area (Å²) in [5.74, 6) is 1.33. The van der Waals surface area contributed by atoms with Gasteiger partial charge in [0.2, 0.25) is 0 Å². The fourth-order valence-electron chi connectivity index (χ4n) is 4.35. The summed E-state index contributed by atoms with van der Waals surface area (Å²) < 4.78 is 11.3. The van der Waals surface area contributed by atoms with Crippen LogP contribution in [0.5, 0.6) is 11.5 Å². The molecule has 1 N–H and O–H groups in total. The molecule has 1 aliphatic heterocycles. The number of hydrogen-bond donors (Lipinski definition) is 1. The summed E-state index contributed by atoms with van der Waals surface area (Å²) in [4.78, 5) is 14.1. The molecule has 2 aromatic rings. The Labute approximate surface area is 173 Å². The molecule has 0 aromatic heterocycles. The van der Waals surface area contributed by atoms with Crippen molar-refractivity contribution in [3.8, 4) is 11.5 Å². The van der Waals surface area contributed by atoms with Crippen molar-refractivity contribution in [3.05, 3.63) is 59.2 Å². The number of amides is 1. The normalized spacial score (nSPS) is 18.4. The van der Waals surface area contributed by atoms with E-state index in [-0.39, 0.29) is 12.5 Å². The third-order valence-electron chi connectivity index (χ3n) is 5.96. The van der Waals surface area contributed by atoms with Crippen LogP contribution >= 0.6 is 0 Å². The van der Waals surface area contributed by atoms with Gasteiger partial charge < -0.3 is 19.7 Å². The highest BCUT2D eigenvalue weighted by Gasteiger charge is 2.20. The Morgan fingerprint density at radius 2 is 1.93 bits per heavy atom. The number of carbonyl (C=O) groups is 1. The molecule has 1 atom stereocenters. The molecule has 5 heteroatoms. The quantitative estimate of drug-likeness (QED) is 0.775. The Bertz CT molecular complexity index is 846. The van der Waals surface area contributed by atoms with Crippen molar-refractivity contribution in [3.63, 3.8) is 0 Å². The largest absolute Gasteiger partial charge is 0.493 e. The second kappa shape index (κ2) is 9.31. The van der Waals surface area contributed by atoms with Crippen LogP contribution in [0.3, 0.4) is 0 Å². The van der Waals surface area contributed by atoms with E-state index in [4.69, 9.17) is 9.47 Å². The first-order valence-corrected chi connectivity index (χ1v) is 10.6. The number of hydrogen-bond acceptors (Lipinski definition) is 4. The molecule has 2 aliphatic rings. The van der Waals surface area contributed by atoms with Gasteiger partial charge in [0.25, 0.3) is 5.91 Å². The van der Waals surface area contributed by atoms with Crippen LogP contribution in [0.2, 0.25) is 0 Å². The predicted molar refractivity (Wildman–Crippen MR) is 113 cm³/mol.